The minimum absolute atomic E-state index is 0.0981. The second kappa shape index (κ2) is 5.57. The molecule has 0 bridgehead atoms. The van der Waals surface area contributed by atoms with E-state index in [4.69, 9.17) is 0 Å². The highest BCUT2D eigenvalue weighted by Gasteiger charge is 2.20. The third-order valence-electron chi connectivity index (χ3n) is 3.32. The van der Waals surface area contributed by atoms with Crippen molar-refractivity contribution in [1.82, 2.24) is 14.5 Å². The molecule has 0 aliphatic carbocycles. The van der Waals surface area contributed by atoms with Crippen molar-refractivity contribution < 1.29 is 4.79 Å². The number of aryl methyl sites for hydroxylation is 1. The molecule has 102 valence electrons. The minimum Gasteiger partial charge on any atom is -0.339 e. The van der Waals surface area contributed by atoms with Gasteiger partial charge in [-0.25, -0.2) is 4.98 Å². The maximum absolute atomic E-state index is 12.5. The number of rotatable bonds is 4. The Morgan fingerprint density at radius 3 is 2.58 bits per heavy atom. The van der Waals surface area contributed by atoms with Crippen molar-refractivity contribution in [2.75, 3.05) is 13.1 Å². The van der Waals surface area contributed by atoms with Crippen LogP contribution in [-0.4, -0.2) is 33.4 Å². The first-order chi connectivity index (χ1) is 9.10. The van der Waals surface area contributed by atoms with Crippen molar-refractivity contribution in [3.05, 3.63) is 34.6 Å². The van der Waals surface area contributed by atoms with E-state index in [2.05, 4.69) is 4.98 Å². The highest BCUT2D eigenvalue weighted by Crippen LogP contribution is 2.23. The minimum atomic E-state index is 0.0981. The first-order valence-corrected chi connectivity index (χ1v) is 7.36. The summed E-state index contributed by atoms with van der Waals surface area (Å²) in [7, 11) is 0. The smallest absolute Gasteiger partial charge is 0.255 e. The molecule has 2 heterocycles. The van der Waals surface area contributed by atoms with E-state index in [-0.39, 0.29) is 5.91 Å². The number of hydrogen-bond donors (Lipinski definition) is 0. The Labute approximate surface area is 117 Å². The van der Waals surface area contributed by atoms with Crippen molar-refractivity contribution >= 4 is 17.2 Å². The van der Waals surface area contributed by atoms with Crippen LogP contribution < -0.4 is 0 Å². The van der Waals surface area contributed by atoms with Gasteiger partial charge in [-0.2, -0.15) is 0 Å². The average molecular weight is 277 g/mol. The summed E-state index contributed by atoms with van der Waals surface area (Å²) < 4.78 is 2.04. The number of carbonyl (C=O) groups excluding carboxylic acids is 1. The molecule has 0 spiro atoms. The van der Waals surface area contributed by atoms with E-state index in [1.807, 2.05) is 48.6 Å². The molecular weight excluding hydrogens is 258 g/mol. The van der Waals surface area contributed by atoms with E-state index in [1.54, 1.807) is 17.5 Å². The van der Waals surface area contributed by atoms with Crippen molar-refractivity contribution in [3.63, 3.8) is 0 Å². The lowest BCUT2D eigenvalue weighted by molar-refractivity contribution is 0.0772. The Balaban J connectivity index is 2.45. The van der Waals surface area contributed by atoms with Crippen LogP contribution in [-0.2, 0) is 0 Å². The highest BCUT2D eigenvalue weighted by molar-refractivity contribution is 7.12. The Hall–Kier alpha value is -1.62. The Kier molecular flexibility index (Phi) is 4.04. The van der Waals surface area contributed by atoms with Gasteiger partial charge in [-0.3, -0.25) is 9.36 Å². The fourth-order valence-corrected chi connectivity index (χ4v) is 3.03. The lowest BCUT2D eigenvalue weighted by Crippen LogP contribution is -2.30. The average Bonchev–Trinajstić information content (AvgIpc) is 2.99. The fraction of sp³-hybridized carbons (Fsp3) is 0.429. The van der Waals surface area contributed by atoms with Gasteiger partial charge in [0.25, 0.3) is 5.91 Å². The van der Waals surface area contributed by atoms with Gasteiger partial charge in [0.05, 0.1) is 5.56 Å². The maximum atomic E-state index is 12.5. The number of aromatic nitrogens is 2. The van der Waals surface area contributed by atoms with Crippen LogP contribution in [0.5, 0.6) is 0 Å². The normalized spacial score (nSPS) is 10.7. The Bertz CT molecular complexity index is 568. The second-order valence-corrected chi connectivity index (χ2v) is 5.29. The molecule has 2 aromatic rings. The van der Waals surface area contributed by atoms with E-state index in [0.717, 1.165) is 35.2 Å². The first-order valence-electron chi connectivity index (χ1n) is 6.48. The van der Waals surface area contributed by atoms with E-state index in [9.17, 15) is 4.79 Å². The molecule has 2 aromatic heterocycles. The topological polar surface area (TPSA) is 38.1 Å². The van der Waals surface area contributed by atoms with Gasteiger partial charge in [-0.05, 0) is 33.8 Å². The van der Waals surface area contributed by atoms with Gasteiger partial charge < -0.3 is 4.90 Å². The van der Waals surface area contributed by atoms with Gasteiger partial charge >= 0.3 is 0 Å². The zero-order valence-corrected chi connectivity index (χ0v) is 12.6. The third kappa shape index (κ3) is 2.42. The summed E-state index contributed by atoms with van der Waals surface area (Å²) in [5.74, 6) is 0.0981. The van der Waals surface area contributed by atoms with Crippen LogP contribution in [0, 0.1) is 13.8 Å². The summed E-state index contributed by atoms with van der Waals surface area (Å²) in [4.78, 5) is 18.6. The van der Waals surface area contributed by atoms with E-state index < -0.39 is 0 Å². The van der Waals surface area contributed by atoms with Crippen molar-refractivity contribution in [3.8, 4) is 5.13 Å². The van der Waals surface area contributed by atoms with E-state index >= 15 is 0 Å². The molecule has 0 fully saturated rings. The number of carbonyl (C=O) groups is 1. The largest absolute Gasteiger partial charge is 0.339 e. The number of amides is 1. The molecule has 0 unspecified atom stereocenters. The fourth-order valence-electron chi connectivity index (χ4n) is 2.28. The molecule has 0 atom stereocenters. The zero-order valence-electron chi connectivity index (χ0n) is 11.8. The van der Waals surface area contributed by atoms with Crippen molar-refractivity contribution in [1.29, 1.82) is 0 Å². The molecular formula is C14H19N3OS. The Morgan fingerprint density at radius 1 is 1.37 bits per heavy atom. The SMILES string of the molecule is CCN(CC)C(=O)c1cc(C)n(-c2nccs2)c1C. The summed E-state index contributed by atoms with van der Waals surface area (Å²) in [5, 5.41) is 2.86. The lowest BCUT2D eigenvalue weighted by Gasteiger charge is -2.18. The molecule has 0 aliphatic rings. The van der Waals surface area contributed by atoms with Crippen LogP contribution in [0.15, 0.2) is 17.6 Å². The van der Waals surface area contributed by atoms with Gasteiger partial charge in [-0.15, -0.1) is 11.3 Å². The molecule has 0 saturated heterocycles. The van der Waals surface area contributed by atoms with Gasteiger partial charge in [0.1, 0.15) is 0 Å². The van der Waals surface area contributed by atoms with Crippen molar-refractivity contribution in [2.24, 2.45) is 0 Å². The third-order valence-corrected chi connectivity index (χ3v) is 4.08. The van der Waals surface area contributed by atoms with Gasteiger partial charge in [0.2, 0.25) is 0 Å². The van der Waals surface area contributed by atoms with Crippen molar-refractivity contribution in [2.45, 2.75) is 27.7 Å². The molecule has 5 heteroatoms. The molecule has 19 heavy (non-hydrogen) atoms. The summed E-state index contributed by atoms with van der Waals surface area (Å²) in [6, 6.07) is 1.96. The summed E-state index contributed by atoms with van der Waals surface area (Å²) in [5.41, 5.74) is 2.78. The number of thiazole rings is 1. The van der Waals surface area contributed by atoms with E-state index in [1.165, 1.54) is 0 Å². The molecule has 0 saturated carbocycles. The molecule has 1 amide bonds. The standard InChI is InChI=1S/C14H19N3OS/c1-5-16(6-2)13(18)12-9-10(3)17(11(12)4)14-15-7-8-19-14/h7-9H,5-6H2,1-4H3. The monoisotopic (exact) mass is 277 g/mol. The maximum Gasteiger partial charge on any atom is 0.255 e. The van der Waals surface area contributed by atoms with Gasteiger partial charge in [-0.1, -0.05) is 0 Å². The van der Waals surface area contributed by atoms with Crippen LogP contribution >= 0.6 is 11.3 Å². The summed E-state index contributed by atoms with van der Waals surface area (Å²) in [6.45, 7) is 9.45. The lowest BCUT2D eigenvalue weighted by atomic mass is 10.2. The summed E-state index contributed by atoms with van der Waals surface area (Å²) >= 11 is 1.58. The highest BCUT2D eigenvalue weighted by atomic mass is 32.1. The van der Waals surface area contributed by atoms with Crippen LogP contribution in [0.1, 0.15) is 35.6 Å². The second-order valence-electron chi connectivity index (χ2n) is 4.41. The number of hydrogen-bond acceptors (Lipinski definition) is 3. The number of nitrogens with zero attached hydrogens (tertiary/aromatic N) is 3. The quantitative estimate of drug-likeness (QED) is 0.861. The van der Waals surface area contributed by atoms with Crippen LogP contribution in [0.3, 0.4) is 0 Å². The Morgan fingerprint density at radius 2 is 2.05 bits per heavy atom. The molecule has 0 radical (unpaired) electrons. The predicted molar refractivity (Wildman–Crippen MR) is 78.2 cm³/mol. The molecule has 0 N–H and O–H groups in total. The van der Waals surface area contributed by atoms with Crippen LogP contribution in [0.25, 0.3) is 5.13 Å². The zero-order chi connectivity index (χ0) is 14.0. The predicted octanol–water partition coefficient (Wildman–Crippen LogP) is 3.03. The molecule has 0 aliphatic heterocycles. The molecule has 0 aromatic carbocycles. The molecule has 4 nitrogen and oxygen atoms in total. The molecule has 2 rings (SSSR count). The first kappa shape index (κ1) is 13.8. The van der Waals surface area contributed by atoms with Crippen LogP contribution in [0.2, 0.25) is 0 Å². The summed E-state index contributed by atoms with van der Waals surface area (Å²) in [6.07, 6.45) is 1.78. The van der Waals surface area contributed by atoms with Crippen LogP contribution in [0.4, 0.5) is 0 Å². The van der Waals surface area contributed by atoms with E-state index in [0.29, 0.717) is 0 Å². The van der Waals surface area contributed by atoms with Gasteiger partial charge in [0, 0.05) is 36.1 Å². The van der Waals surface area contributed by atoms with Gasteiger partial charge in [0.15, 0.2) is 5.13 Å².